The first kappa shape index (κ1) is 60.7. The Balaban J connectivity index is 0.821. The topological polar surface area (TPSA) is 100 Å². The molecule has 482 valence electrons. The predicted octanol–water partition coefficient (Wildman–Crippen LogP) is 24.7. The first-order valence-corrected chi connectivity index (χ1v) is 35.5. The Morgan fingerprint density at radius 3 is 1.08 bits per heavy atom. The molecule has 18 rings (SSSR count). The number of aromatic nitrogens is 8. The van der Waals surface area contributed by atoms with Gasteiger partial charge in [0.1, 0.15) is 11.2 Å². The normalized spacial score (nSPS) is 12.2. The summed E-state index contributed by atoms with van der Waals surface area (Å²) in [6, 6.07) is 80.1. The third-order valence-electron chi connectivity index (χ3n) is 20.3. The third-order valence-corrected chi connectivity index (χ3v) is 21.6. The summed E-state index contributed by atoms with van der Waals surface area (Å²) in [5.74, 6) is 2.25. The van der Waals surface area contributed by atoms with Crippen molar-refractivity contribution in [2.45, 2.75) is 79.1 Å². The van der Waals surface area contributed by atoms with Crippen LogP contribution in [0.5, 0.6) is 0 Å². The molecule has 18 aromatic rings. The molecule has 0 N–H and O–H groups in total. The summed E-state index contributed by atoms with van der Waals surface area (Å²) in [5.41, 5.74) is 26.5. The average Bonchev–Trinajstić information content (AvgIpc) is 1.58. The second-order valence-electron chi connectivity index (χ2n) is 27.9. The van der Waals surface area contributed by atoms with Crippen LogP contribution in [0.25, 0.3) is 176 Å². The molecule has 0 bridgehead atoms. The Hall–Kier alpha value is -11.7. The van der Waals surface area contributed by atoms with Gasteiger partial charge >= 0.3 is 0 Å². The fraction of sp³-hybridized carbons (Fsp3) is 0.133. The van der Waals surface area contributed by atoms with E-state index in [1.54, 1.807) is 24.8 Å². The summed E-state index contributed by atoms with van der Waals surface area (Å²) in [6.07, 6.45) is 10.9. The standard InChI is InChI=1S/C90H70N8OS/c1-51(2)67-43-63(45-75-76-49-65(47-68(52(3)4)86(76)99-85(67)75)97-81-27-23-57(55-17-13-19-61(37-55)89-93-33-15-34-94-89)39-71(81)73-41-59(25-29-83(73)97)79-21-9-11-31-91-79)64-44-69(53(5)6)87-77(46-64)78-50-66(48-70(54(7)8)88(78)100-87)98-82-28-24-58(56-18-14-20-62(38-56)90-95-35-16-36-96-90)40-72(82)74-42-60(26-30-84(74)98)80-22-10-12-32-92-80/h9-54H,1-8H3. The first-order chi connectivity index (χ1) is 48.8. The zero-order valence-corrected chi connectivity index (χ0v) is 57.8. The summed E-state index contributed by atoms with van der Waals surface area (Å²) >= 11 is 1.96. The van der Waals surface area contributed by atoms with Crippen LogP contribution in [0.2, 0.25) is 0 Å². The van der Waals surface area contributed by atoms with Gasteiger partial charge in [0.25, 0.3) is 0 Å². The summed E-state index contributed by atoms with van der Waals surface area (Å²) in [6.45, 7) is 18.6. The molecule has 0 amide bonds. The van der Waals surface area contributed by atoms with Crippen molar-refractivity contribution in [3.05, 3.63) is 278 Å². The molecular weight excluding hydrogens is 1240 g/mol. The maximum Gasteiger partial charge on any atom is 0.159 e. The molecular formula is C90H70N8OS. The van der Waals surface area contributed by atoms with Crippen molar-refractivity contribution >= 4 is 97.1 Å². The van der Waals surface area contributed by atoms with E-state index in [1.165, 1.54) is 64.3 Å². The van der Waals surface area contributed by atoms with Gasteiger partial charge < -0.3 is 13.6 Å². The largest absolute Gasteiger partial charge is 0.455 e. The van der Waals surface area contributed by atoms with E-state index < -0.39 is 0 Å². The fourth-order valence-electron chi connectivity index (χ4n) is 15.3. The van der Waals surface area contributed by atoms with Gasteiger partial charge in [0.05, 0.1) is 33.5 Å². The van der Waals surface area contributed by atoms with Crippen molar-refractivity contribution in [1.82, 2.24) is 39.0 Å². The van der Waals surface area contributed by atoms with Crippen LogP contribution in [-0.4, -0.2) is 39.0 Å². The van der Waals surface area contributed by atoms with Gasteiger partial charge in [-0.15, -0.1) is 11.3 Å². The third kappa shape index (κ3) is 10.2. The monoisotopic (exact) mass is 1310 g/mol. The van der Waals surface area contributed by atoms with Crippen LogP contribution in [0, 0.1) is 0 Å². The van der Waals surface area contributed by atoms with Gasteiger partial charge in [0, 0.05) is 129 Å². The predicted molar refractivity (Wildman–Crippen MR) is 416 cm³/mol. The minimum Gasteiger partial charge on any atom is -0.455 e. The van der Waals surface area contributed by atoms with E-state index >= 15 is 0 Å². The van der Waals surface area contributed by atoms with Crippen LogP contribution in [-0.2, 0) is 0 Å². The molecule has 10 heteroatoms. The lowest BCUT2D eigenvalue weighted by Gasteiger charge is -2.15. The summed E-state index contributed by atoms with van der Waals surface area (Å²) in [4.78, 5) is 28.0. The number of rotatable bonds is 13. The van der Waals surface area contributed by atoms with Gasteiger partial charge in [0.15, 0.2) is 11.6 Å². The lowest BCUT2D eigenvalue weighted by atomic mass is 9.90. The fourth-order valence-corrected chi connectivity index (χ4v) is 16.8. The minimum atomic E-state index is 0.160. The Kier molecular flexibility index (Phi) is 14.6. The molecule has 8 heterocycles. The van der Waals surface area contributed by atoms with E-state index in [-0.39, 0.29) is 23.7 Å². The van der Waals surface area contributed by atoms with Crippen LogP contribution in [0.4, 0.5) is 0 Å². The van der Waals surface area contributed by atoms with E-state index in [9.17, 15) is 0 Å². The number of pyridine rings is 2. The number of nitrogens with zero attached hydrogens (tertiary/aromatic N) is 8. The van der Waals surface area contributed by atoms with Crippen LogP contribution < -0.4 is 0 Å². The molecule has 8 aromatic heterocycles. The lowest BCUT2D eigenvalue weighted by molar-refractivity contribution is 0.646. The first-order valence-electron chi connectivity index (χ1n) is 34.7. The molecule has 0 aliphatic heterocycles. The van der Waals surface area contributed by atoms with E-state index in [0.717, 1.165) is 122 Å². The second kappa shape index (κ2) is 24.1. The number of furan rings is 1. The number of hydrogen-bond donors (Lipinski definition) is 0. The van der Waals surface area contributed by atoms with Crippen molar-refractivity contribution in [2.75, 3.05) is 0 Å². The van der Waals surface area contributed by atoms with Crippen LogP contribution >= 0.6 is 11.3 Å². The van der Waals surface area contributed by atoms with Crippen LogP contribution in [0.3, 0.4) is 0 Å². The molecule has 100 heavy (non-hydrogen) atoms. The molecule has 0 unspecified atom stereocenters. The van der Waals surface area contributed by atoms with Crippen molar-refractivity contribution in [1.29, 1.82) is 0 Å². The zero-order valence-electron chi connectivity index (χ0n) is 57.0. The van der Waals surface area contributed by atoms with Gasteiger partial charge in [-0.05, 0) is 219 Å². The maximum atomic E-state index is 7.32. The van der Waals surface area contributed by atoms with E-state index in [2.05, 4.69) is 279 Å². The molecule has 0 saturated heterocycles. The molecule has 10 aromatic carbocycles. The number of fused-ring (bicyclic) bond motifs is 12. The van der Waals surface area contributed by atoms with E-state index in [1.807, 2.05) is 48.0 Å². The SMILES string of the molecule is CC(C)c1cc(-c2cc(C(C)C)c3sc4c(C(C)C)cc(-n5c6ccc(-c7cccc(-c8ncccn8)c7)cc6c6cc(-c7ccccn7)ccc65)cc4c3c2)cc2c1oc1c(C(C)C)cc(-n3c4ccc(-c5cccc(-c6ncccn6)c5)cc4c4cc(-c5ccccn5)ccc43)cc12. The Bertz CT molecular complexity index is 5900. The number of thiophene rings is 1. The number of benzene rings is 10. The molecule has 0 aliphatic rings. The molecule has 0 saturated carbocycles. The van der Waals surface area contributed by atoms with Gasteiger partial charge in [-0.2, -0.15) is 0 Å². The smallest absolute Gasteiger partial charge is 0.159 e. The quantitative estimate of drug-likeness (QED) is 0.113. The summed E-state index contributed by atoms with van der Waals surface area (Å²) in [5, 5.41) is 9.42. The lowest BCUT2D eigenvalue weighted by Crippen LogP contribution is -1.97. The highest BCUT2D eigenvalue weighted by molar-refractivity contribution is 7.26. The molecule has 0 spiro atoms. The van der Waals surface area contributed by atoms with Gasteiger partial charge in [-0.1, -0.05) is 128 Å². The van der Waals surface area contributed by atoms with Crippen molar-refractivity contribution in [3.63, 3.8) is 0 Å². The molecule has 0 aliphatic carbocycles. The van der Waals surface area contributed by atoms with Gasteiger partial charge in [0.2, 0.25) is 0 Å². The van der Waals surface area contributed by atoms with E-state index in [0.29, 0.717) is 11.6 Å². The van der Waals surface area contributed by atoms with Crippen molar-refractivity contribution < 1.29 is 4.42 Å². The molecule has 0 radical (unpaired) electrons. The molecule has 0 fully saturated rings. The highest BCUT2D eigenvalue weighted by Crippen LogP contribution is 2.49. The van der Waals surface area contributed by atoms with Gasteiger partial charge in [-0.3, -0.25) is 9.97 Å². The highest BCUT2D eigenvalue weighted by Gasteiger charge is 2.26. The van der Waals surface area contributed by atoms with Crippen molar-refractivity contribution in [2.24, 2.45) is 0 Å². The Morgan fingerprint density at radius 2 is 0.620 bits per heavy atom. The Morgan fingerprint density at radius 1 is 0.270 bits per heavy atom. The number of hydrogen-bond acceptors (Lipinski definition) is 8. The second-order valence-corrected chi connectivity index (χ2v) is 28.9. The average molecular weight is 1310 g/mol. The van der Waals surface area contributed by atoms with Gasteiger partial charge in [-0.25, -0.2) is 19.9 Å². The molecule has 0 atom stereocenters. The summed E-state index contributed by atoms with van der Waals surface area (Å²) in [7, 11) is 0. The minimum absolute atomic E-state index is 0.160. The Labute approximate surface area is 583 Å². The van der Waals surface area contributed by atoms with Crippen LogP contribution in [0.1, 0.15) is 101 Å². The van der Waals surface area contributed by atoms with Crippen LogP contribution in [0.15, 0.2) is 260 Å². The van der Waals surface area contributed by atoms with E-state index in [4.69, 9.17) is 14.4 Å². The maximum absolute atomic E-state index is 7.32. The zero-order chi connectivity index (χ0) is 67.6. The van der Waals surface area contributed by atoms with Crippen molar-refractivity contribution in [3.8, 4) is 90.0 Å². The highest BCUT2D eigenvalue weighted by atomic mass is 32.1. The molecule has 9 nitrogen and oxygen atoms in total. The summed E-state index contributed by atoms with van der Waals surface area (Å²) < 4.78 is 15.0.